The number of nitrogens with zero attached hydrogens (tertiary/aromatic N) is 1. The highest BCUT2D eigenvalue weighted by molar-refractivity contribution is 8.14. The quantitative estimate of drug-likeness (QED) is 0.824. The Morgan fingerprint density at radius 2 is 2.31 bits per heavy atom. The molecule has 0 aromatic rings. The largest absolute Gasteiger partial charge is 0.381 e. The van der Waals surface area contributed by atoms with Gasteiger partial charge in [-0.05, 0) is 12.8 Å². The zero-order chi connectivity index (χ0) is 11.8. The van der Waals surface area contributed by atoms with Gasteiger partial charge in [0, 0.05) is 23.8 Å². The minimum Gasteiger partial charge on any atom is -0.381 e. The van der Waals surface area contributed by atoms with Gasteiger partial charge in [0.15, 0.2) is 5.17 Å². The molecule has 0 bridgehead atoms. The van der Waals surface area contributed by atoms with E-state index in [1.165, 1.54) is 6.42 Å². The van der Waals surface area contributed by atoms with E-state index in [-0.39, 0.29) is 5.41 Å². The van der Waals surface area contributed by atoms with E-state index in [1.807, 2.05) is 11.8 Å². The topological polar surface area (TPSA) is 33.6 Å². The van der Waals surface area contributed by atoms with Crippen LogP contribution in [0, 0.1) is 5.41 Å². The Labute approximate surface area is 102 Å². The van der Waals surface area contributed by atoms with E-state index >= 15 is 0 Å². The summed E-state index contributed by atoms with van der Waals surface area (Å²) in [6, 6.07) is 0.513. The van der Waals surface area contributed by atoms with Crippen molar-refractivity contribution in [2.45, 2.75) is 51.0 Å². The predicted octanol–water partition coefficient (Wildman–Crippen LogP) is 2.27. The molecule has 3 unspecified atom stereocenters. The summed E-state index contributed by atoms with van der Waals surface area (Å²) in [6.07, 6.45) is 2.69. The lowest BCUT2D eigenvalue weighted by molar-refractivity contribution is -0.0917. The molecule has 0 saturated heterocycles. The molecule has 1 aliphatic carbocycles. The van der Waals surface area contributed by atoms with Crippen LogP contribution in [-0.4, -0.2) is 36.2 Å². The summed E-state index contributed by atoms with van der Waals surface area (Å²) in [5.41, 5.74) is 0.224. The number of nitrogens with one attached hydrogen (secondary N) is 1. The van der Waals surface area contributed by atoms with Crippen LogP contribution in [0.2, 0.25) is 0 Å². The fourth-order valence-electron chi connectivity index (χ4n) is 2.39. The molecule has 3 atom stereocenters. The van der Waals surface area contributed by atoms with Gasteiger partial charge in [-0.25, -0.2) is 0 Å². The smallest absolute Gasteiger partial charge is 0.157 e. The SMILES string of the molecule is CCC1CN=C(NC2CC(OC)C2(C)C)S1. The molecule has 0 aromatic carbocycles. The van der Waals surface area contributed by atoms with Crippen LogP contribution >= 0.6 is 11.8 Å². The number of aliphatic imine (C=N–C) groups is 1. The molecule has 2 aliphatic rings. The third-order valence-electron chi connectivity index (χ3n) is 3.93. The molecular formula is C12H22N2OS. The number of methoxy groups -OCH3 is 1. The molecule has 1 heterocycles. The highest BCUT2D eigenvalue weighted by Crippen LogP contribution is 2.43. The number of rotatable bonds is 3. The predicted molar refractivity (Wildman–Crippen MR) is 70.1 cm³/mol. The molecule has 0 spiro atoms. The van der Waals surface area contributed by atoms with Crippen LogP contribution in [-0.2, 0) is 4.74 Å². The monoisotopic (exact) mass is 242 g/mol. The maximum Gasteiger partial charge on any atom is 0.157 e. The van der Waals surface area contributed by atoms with E-state index in [0.717, 1.165) is 18.1 Å². The van der Waals surface area contributed by atoms with Crippen LogP contribution in [0.4, 0.5) is 0 Å². The van der Waals surface area contributed by atoms with Crippen LogP contribution in [0.25, 0.3) is 0 Å². The maximum atomic E-state index is 5.45. The summed E-state index contributed by atoms with van der Waals surface area (Å²) in [6.45, 7) is 7.73. The van der Waals surface area contributed by atoms with Gasteiger partial charge in [-0.15, -0.1) is 0 Å². The van der Waals surface area contributed by atoms with Crippen molar-refractivity contribution in [2.24, 2.45) is 10.4 Å². The molecule has 1 aliphatic heterocycles. The van der Waals surface area contributed by atoms with Crippen molar-refractivity contribution in [2.75, 3.05) is 13.7 Å². The summed E-state index contributed by atoms with van der Waals surface area (Å²) in [5.74, 6) is 0. The lowest BCUT2D eigenvalue weighted by atomic mass is 9.64. The second-order valence-corrected chi connectivity index (χ2v) is 6.56. The molecule has 4 heteroatoms. The fourth-order valence-corrected chi connectivity index (χ4v) is 3.38. The van der Waals surface area contributed by atoms with Crippen LogP contribution < -0.4 is 5.32 Å². The third-order valence-corrected chi connectivity index (χ3v) is 5.22. The van der Waals surface area contributed by atoms with E-state index in [1.54, 1.807) is 7.11 Å². The molecule has 0 amide bonds. The number of hydrogen-bond acceptors (Lipinski definition) is 4. The van der Waals surface area contributed by atoms with Gasteiger partial charge in [-0.1, -0.05) is 32.5 Å². The van der Waals surface area contributed by atoms with Crippen molar-refractivity contribution in [1.29, 1.82) is 0 Å². The third kappa shape index (κ3) is 2.09. The lowest BCUT2D eigenvalue weighted by Gasteiger charge is -2.51. The van der Waals surface area contributed by atoms with Gasteiger partial charge < -0.3 is 10.1 Å². The summed E-state index contributed by atoms with van der Waals surface area (Å²) in [5, 5.41) is 5.39. The fraction of sp³-hybridized carbons (Fsp3) is 0.917. The highest BCUT2D eigenvalue weighted by Gasteiger charge is 2.49. The van der Waals surface area contributed by atoms with E-state index in [4.69, 9.17) is 4.74 Å². The first-order valence-corrected chi connectivity index (χ1v) is 6.96. The number of amidine groups is 1. The minimum absolute atomic E-state index is 0.224. The highest BCUT2D eigenvalue weighted by atomic mass is 32.2. The van der Waals surface area contributed by atoms with E-state index in [0.29, 0.717) is 17.4 Å². The van der Waals surface area contributed by atoms with Crippen LogP contribution in [0.1, 0.15) is 33.6 Å². The number of ether oxygens (including phenoxy) is 1. The molecule has 3 nitrogen and oxygen atoms in total. The van der Waals surface area contributed by atoms with Crippen molar-refractivity contribution in [3.63, 3.8) is 0 Å². The normalized spacial score (nSPS) is 36.8. The molecular weight excluding hydrogens is 220 g/mol. The van der Waals surface area contributed by atoms with Crippen LogP contribution in [0.5, 0.6) is 0 Å². The molecule has 1 saturated carbocycles. The molecule has 1 fully saturated rings. The average molecular weight is 242 g/mol. The van der Waals surface area contributed by atoms with Gasteiger partial charge in [0.2, 0.25) is 0 Å². The van der Waals surface area contributed by atoms with Gasteiger partial charge in [-0.3, -0.25) is 4.99 Å². The van der Waals surface area contributed by atoms with Gasteiger partial charge >= 0.3 is 0 Å². The summed E-state index contributed by atoms with van der Waals surface area (Å²) in [4.78, 5) is 4.55. The Morgan fingerprint density at radius 3 is 2.81 bits per heavy atom. The van der Waals surface area contributed by atoms with Crippen LogP contribution in [0.15, 0.2) is 4.99 Å². The Bertz CT molecular complexity index is 291. The summed E-state index contributed by atoms with van der Waals surface area (Å²) >= 11 is 1.90. The standard InChI is InChI=1S/C12H22N2OS/c1-5-8-7-13-11(16-8)14-9-6-10(15-4)12(9,2)3/h8-10H,5-7H2,1-4H3,(H,13,14). The first kappa shape index (κ1) is 12.2. The Kier molecular flexibility index (Phi) is 3.50. The van der Waals surface area contributed by atoms with Gasteiger partial charge in [0.1, 0.15) is 0 Å². The summed E-state index contributed by atoms with van der Waals surface area (Å²) < 4.78 is 5.45. The van der Waals surface area contributed by atoms with E-state index in [2.05, 4.69) is 31.1 Å². The number of hydrogen-bond donors (Lipinski definition) is 1. The molecule has 0 aromatic heterocycles. The zero-order valence-corrected chi connectivity index (χ0v) is 11.4. The number of thioether (sulfide) groups is 1. The molecule has 1 N–H and O–H groups in total. The average Bonchev–Trinajstić information content (AvgIpc) is 2.71. The molecule has 16 heavy (non-hydrogen) atoms. The van der Waals surface area contributed by atoms with Gasteiger partial charge in [0.05, 0.1) is 12.6 Å². The molecule has 2 rings (SSSR count). The van der Waals surface area contributed by atoms with E-state index in [9.17, 15) is 0 Å². The molecule has 92 valence electrons. The first-order chi connectivity index (χ1) is 7.57. The lowest BCUT2D eigenvalue weighted by Crippen LogP contribution is -2.61. The maximum absolute atomic E-state index is 5.45. The van der Waals surface area contributed by atoms with Crippen LogP contribution in [0.3, 0.4) is 0 Å². The van der Waals surface area contributed by atoms with Crippen molar-refractivity contribution in [3.05, 3.63) is 0 Å². The van der Waals surface area contributed by atoms with Crippen molar-refractivity contribution in [3.8, 4) is 0 Å². The first-order valence-electron chi connectivity index (χ1n) is 6.08. The second kappa shape index (κ2) is 4.57. The van der Waals surface area contributed by atoms with Crippen molar-refractivity contribution < 1.29 is 4.74 Å². The Balaban J connectivity index is 1.84. The zero-order valence-electron chi connectivity index (χ0n) is 10.6. The Hall–Kier alpha value is -0.220. The van der Waals surface area contributed by atoms with Gasteiger partial charge in [0.25, 0.3) is 0 Å². The summed E-state index contributed by atoms with van der Waals surface area (Å²) in [7, 11) is 1.80. The van der Waals surface area contributed by atoms with Crippen molar-refractivity contribution >= 4 is 16.9 Å². The minimum atomic E-state index is 0.224. The van der Waals surface area contributed by atoms with Gasteiger partial charge in [-0.2, -0.15) is 0 Å². The van der Waals surface area contributed by atoms with E-state index < -0.39 is 0 Å². The van der Waals surface area contributed by atoms with Crippen molar-refractivity contribution in [1.82, 2.24) is 5.32 Å². The Morgan fingerprint density at radius 1 is 1.56 bits per heavy atom. The molecule has 0 radical (unpaired) electrons. The second-order valence-electron chi connectivity index (χ2n) is 5.27.